The SMILES string of the molecule is O=C([O-])[C@H]1CC=CC[C@@H]1C(=O)Nc1cc(C(F)(F)F)ccc1Cl. The zero-order chi connectivity index (χ0) is 17.2. The number of halogens is 4. The molecule has 0 spiro atoms. The van der Waals surface area contributed by atoms with Gasteiger partial charge in [0.25, 0.3) is 0 Å². The summed E-state index contributed by atoms with van der Waals surface area (Å²) in [5.41, 5.74) is -1.17. The highest BCUT2D eigenvalue weighted by molar-refractivity contribution is 6.33. The first-order valence-corrected chi connectivity index (χ1v) is 7.11. The van der Waals surface area contributed by atoms with E-state index < -0.39 is 35.5 Å². The minimum absolute atomic E-state index is 0.0669. The molecule has 1 aliphatic carbocycles. The number of carbonyl (C=O) groups excluding carboxylic acids is 2. The average Bonchev–Trinajstić information content (AvgIpc) is 2.48. The summed E-state index contributed by atoms with van der Waals surface area (Å²) in [5, 5.41) is 13.3. The van der Waals surface area contributed by atoms with Gasteiger partial charge in [-0.3, -0.25) is 4.79 Å². The number of amides is 1. The van der Waals surface area contributed by atoms with Crippen molar-refractivity contribution in [1.29, 1.82) is 0 Å². The Kier molecular flexibility index (Phi) is 4.99. The van der Waals surface area contributed by atoms with Crippen molar-refractivity contribution in [1.82, 2.24) is 0 Å². The molecule has 0 radical (unpaired) electrons. The number of benzene rings is 1. The van der Waals surface area contributed by atoms with Gasteiger partial charge in [0.2, 0.25) is 5.91 Å². The van der Waals surface area contributed by atoms with Crippen LogP contribution in [0.25, 0.3) is 0 Å². The quantitative estimate of drug-likeness (QED) is 0.855. The van der Waals surface area contributed by atoms with Crippen LogP contribution in [0, 0.1) is 11.8 Å². The Morgan fingerprint density at radius 1 is 1.17 bits per heavy atom. The molecule has 4 nitrogen and oxygen atoms in total. The van der Waals surface area contributed by atoms with E-state index in [9.17, 15) is 27.9 Å². The van der Waals surface area contributed by atoms with Gasteiger partial charge in [-0.15, -0.1) is 0 Å². The molecule has 0 aromatic heterocycles. The number of carbonyl (C=O) groups is 2. The Labute approximate surface area is 134 Å². The standard InChI is InChI=1S/C15H13ClF3NO3/c16-11-6-5-8(15(17,18)19)7-12(11)20-13(21)9-3-1-2-4-10(9)14(22)23/h1-2,5-7,9-10H,3-4H2,(H,20,21)(H,22,23)/p-1/t9-,10-/m0/s1. The summed E-state index contributed by atoms with van der Waals surface area (Å²) in [5.74, 6) is -4.02. The molecule has 0 saturated heterocycles. The summed E-state index contributed by atoms with van der Waals surface area (Å²) in [4.78, 5) is 23.3. The summed E-state index contributed by atoms with van der Waals surface area (Å²) in [7, 11) is 0. The molecule has 1 amide bonds. The number of rotatable bonds is 3. The number of aliphatic carboxylic acids is 1. The van der Waals surface area contributed by atoms with E-state index in [1.54, 1.807) is 12.2 Å². The first-order chi connectivity index (χ1) is 10.7. The van der Waals surface area contributed by atoms with Gasteiger partial charge in [0, 0.05) is 11.9 Å². The first kappa shape index (κ1) is 17.3. The van der Waals surface area contributed by atoms with E-state index in [1.807, 2.05) is 0 Å². The molecule has 0 heterocycles. The van der Waals surface area contributed by atoms with Gasteiger partial charge >= 0.3 is 6.18 Å². The predicted molar refractivity (Wildman–Crippen MR) is 75.4 cm³/mol. The number of allylic oxidation sites excluding steroid dienone is 2. The van der Waals surface area contributed by atoms with Crippen molar-refractivity contribution < 1.29 is 27.9 Å². The molecule has 23 heavy (non-hydrogen) atoms. The Morgan fingerprint density at radius 3 is 2.35 bits per heavy atom. The number of alkyl halides is 3. The zero-order valence-corrected chi connectivity index (χ0v) is 12.4. The third-order valence-electron chi connectivity index (χ3n) is 3.62. The highest BCUT2D eigenvalue weighted by atomic mass is 35.5. The zero-order valence-electron chi connectivity index (χ0n) is 11.7. The van der Waals surface area contributed by atoms with Crippen LogP contribution in [0.2, 0.25) is 5.02 Å². The normalized spacial score (nSPS) is 21.0. The fourth-order valence-corrected chi connectivity index (χ4v) is 2.55. The van der Waals surface area contributed by atoms with Crippen LogP contribution in [0.4, 0.5) is 18.9 Å². The summed E-state index contributed by atoms with van der Waals surface area (Å²) >= 11 is 5.80. The summed E-state index contributed by atoms with van der Waals surface area (Å²) in [6, 6.07) is 2.54. The van der Waals surface area contributed by atoms with E-state index in [0.29, 0.717) is 6.07 Å². The first-order valence-electron chi connectivity index (χ1n) is 6.73. The number of carboxylic acid groups (broad SMARTS) is 1. The van der Waals surface area contributed by atoms with Gasteiger partial charge in [0.05, 0.1) is 22.2 Å². The molecule has 1 N–H and O–H groups in total. The molecule has 1 aromatic rings. The lowest BCUT2D eigenvalue weighted by atomic mass is 9.82. The monoisotopic (exact) mass is 346 g/mol. The number of hydrogen-bond acceptors (Lipinski definition) is 3. The third kappa shape index (κ3) is 4.04. The number of hydrogen-bond donors (Lipinski definition) is 1. The molecule has 0 aliphatic heterocycles. The molecule has 0 bridgehead atoms. The van der Waals surface area contributed by atoms with E-state index in [2.05, 4.69) is 5.32 Å². The van der Waals surface area contributed by atoms with Gasteiger partial charge in [-0.05, 0) is 31.0 Å². The van der Waals surface area contributed by atoms with Crippen molar-refractivity contribution in [2.45, 2.75) is 19.0 Å². The minimum atomic E-state index is -4.58. The summed E-state index contributed by atoms with van der Waals surface area (Å²) < 4.78 is 38.1. The molecule has 2 atom stereocenters. The van der Waals surface area contributed by atoms with Crippen LogP contribution in [0.15, 0.2) is 30.4 Å². The fourth-order valence-electron chi connectivity index (χ4n) is 2.39. The number of anilines is 1. The smallest absolute Gasteiger partial charge is 0.416 e. The second-order valence-electron chi connectivity index (χ2n) is 5.16. The van der Waals surface area contributed by atoms with Crippen LogP contribution in [0.3, 0.4) is 0 Å². The molecule has 2 rings (SSSR count). The Bertz CT molecular complexity index is 658. The largest absolute Gasteiger partial charge is 0.550 e. The van der Waals surface area contributed by atoms with Gasteiger partial charge < -0.3 is 15.2 Å². The molecular formula is C15H12ClF3NO3-. The molecule has 0 saturated carbocycles. The predicted octanol–water partition coefficient (Wildman–Crippen LogP) is 2.63. The molecule has 8 heteroatoms. The lowest BCUT2D eigenvalue weighted by molar-refractivity contribution is -0.313. The minimum Gasteiger partial charge on any atom is -0.550 e. The van der Waals surface area contributed by atoms with Crippen LogP contribution in [-0.2, 0) is 15.8 Å². The van der Waals surface area contributed by atoms with E-state index in [-0.39, 0.29) is 23.6 Å². The van der Waals surface area contributed by atoms with Crippen molar-refractivity contribution in [3.8, 4) is 0 Å². The molecule has 1 aliphatic rings. The third-order valence-corrected chi connectivity index (χ3v) is 3.95. The van der Waals surface area contributed by atoms with Crippen LogP contribution >= 0.6 is 11.6 Å². The maximum absolute atomic E-state index is 12.7. The topological polar surface area (TPSA) is 69.2 Å². The van der Waals surface area contributed by atoms with Gasteiger partial charge in [0.1, 0.15) is 0 Å². The van der Waals surface area contributed by atoms with Crippen LogP contribution in [-0.4, -0.2) is 11.9 Å². The lowest BCUT2D eigenvalue weighted by Crippen LogP contribution is -2.41. The number of carboxylic acids is 1. The van der Waals surface area contributed by atoms with Crippen molar-refractivity contribution >= 4 is 29.2 Å². The lowest BCUT2D eigenvalue weighted by Gasteiger charge is -2.28. The maximum atomic E-state index is 12.7. The van der Waals surface area contributed by atoms with E-state index >= 15 is 0 Å². The molecule has 1 aromatic carbocycles. The van der Waals surface area contributed by atoms with Crippen LogP contribution in [0.5, 0.6) is 0 Å². The Balaban J connectivity index is 2.23. The second-order valence-corrected chi connectivity index (χ2v) is 5.56. The van der Waals surface area contributed by atoms with Gasteiger partial charge in [-0.25, -0.2) is 0 Å². The van der Waals surface area contributed by atoms with Crippen LogP contribution in [0.1, 0.15) is 18.4 Å². The highest BCUT2D eigenvalue weighted by Crippen LogP contribution is 2.34. The van der Waals surface area contributed by atoms with Gasteiger partial charge in [-0.1, -0.05) is 23.8 Å². The van der Waals surface area contributed by atoms with Crippen molar-refractivity contribution in [2.75, 3.05) is 5.32 Å². The van der Waals surface area contributed by atoms with Crippen molar-refractivity contribution in [3.63, 3.8) is 0 Å². The van der Waals surface area contributed by atoms with Gasteiger partial charge in [0.15, 0.2) is 0 Å². The van der Waals surface area contributed by atoms with Crippen molar-refractivity contribution in [2.24, 2.45) is 11.8 Å². The summed E-state index contributed by atoms with van der Waals surface area (Å²) in [6.07, 6.45) is -0.998. The Morgan fingerprint density at radius 2 is 1.78 bits per heavy atom. The maximum Gasteiger partial charge on any atom is 0.416 e. The van der Waals surface area contributed by atoms with E-state index in [1.165, 1.54) is 0 Å². The highest BCUT2D eigenvalue weighted by Gasteiger charge is 2.33. The van der Waals surface area contributed by atoms with Crippen LogP contribution < -0.4 is 10.4 Å². The molecule has 0 unspecified atom stereocenters. The fraction of sp³-hybridized carbons (Fsp3) is 0.333. The molecular weight excluding hydrogens is 335 g/mol. The van der Waals surface area contributed by atoms with E-state index in [4.69, 9.17) is 11.6 Å². The molecule has 0 fully saturated rings. The van der Waals surface area contributed by atoms with Crippen molar-refractivity contribution in [3.05, 3.63) is 40.9 Å². The second kappa shape index (κ2) is 6.62. The number of nitrogens with one attached hydrogen (secondary N) is 1. The van der Waals surface area contributed by atoms with Gasteiger partial charge in [-0.2, -0.15) is 13.2 Å². The average molecular weight is 347 g/mol. The van der Waals surface area contributed by atoms with E-state index in [0.717, 1.165) is 12.1 Å². The Hall–Kier alpha value is -2.02. The molecule has 124 valence electrons. The summed E-state index contributed by atoms with van der Waals surface area (Å²) in [6.45, 7) is 0.